The van der Waals surface area contributed by atoms with Crippen LogP contribution in [0, 0.1) is 18.1 Å². The van der Waals surface area contributed by atoms with Crippen molar-refractivity contribution < 1.29 is 28.6 Å². The molecule has 3 heterocycles. The van der Waals surface area contributed by atoms with Gasteiger partial charge in [0.05, 0.1) is 5.58 Å². The smallest absolute Gasteiger partial charge is 0.128 e. The maximum atomic E-state index is 8.87. The van der Waals surface area contributed by atoms with Crippen LogP contribution in [-0.2, 0) is 26.5 Å². The Hall–Kier alpha value is -4.89. The maximum absolute atomic E-state index is 8.87. The van der Waals surface area contributed by atoms with Gasteiger partial charge in [-0.05, 0) is 52.3 Å². The Bertz CT molecular complexity index is 2510. The molecular formula is C47H40IrN2O-2. The molecule has 0 aliphatic heterocycles. The number of rotatable bonds is 6. The third-order valence-electron chi connectivity index (χ3n) is 9.70. The summed E-state index contributed by atoms with van der Waals surface area (Å²) >= 11 is 0. The van der Waals surface area contributed by atoms with Gasteiger partial charge < -0.3 is 14.4 Å². The zero-order valence-electron chi connectivity index (χ0n) is 31.5. The molecule has 1 aliphatic carbocycles. The molecule has 0 saturated heterocycles. The average molecular weight is 844 g/mol. The Morgan fingerprint density at radius 1 is 0.706 bits per heavy atom. The molecule has 1 atom stereocenters. The summed E-state index contributed by atoms with van der Waals surface area (Å²) in [6.07, 6.45) is 7.45. The fraction of sp³-hybridized carbons (Fsp3) is 0.191. The summed E-state index contributed by atoms with van der Waals surface area (Å²) in [4.78, 5) is 9.00. The van der Waals surface area contributed by atoms with E-state index in [0.717, 1.165) is 86.3 Å². The van der Waals surface area contributed by atoms with Crippen LogP contribution in [0.5, 0.6) is 0 Å². The second-order valence-electron chi connectivity index (χ2n) is 13.0. The SMILES string of the molecule is [2H]C(C)(c1ccccc1)c1ccnc(-c2[c-]cccc2)c1.[2H]C([2H])(c1ccnc(-c2[c-]ccc3c2oc2c4ccccc4ccc32)c1)C1CCCCC1.[Ir]. The molecule has 0 amide bonds. The first-order chi connectivity index (χ1) is 25.8. The van der Waals surface area contributed by atoms with Crippen molar-refractivity contribution in [2.24, 2.45) is 5.92 Å². The molecule has 4 heteroatoms. The third-order valence-corrected chi connectivity index (χ3v) is 9.70. The molecule has 51 heavy (non-hydrogen) atoms. The van der Waals surface area contributed by atoms with Gasteiger partial charge in [-0.15, -0.1) is 54.1 Å². The van der Waals surface area contributed by atoms with Crippen molar-refractivity contribution in [1.29, 1.82) is 0 Å². The maximum Gasteiger partial charge on any atom is 0.128 e. The van der Waals surface area contributed by atoms with Crippen molar-refractivity contribution in [3.63, 3.8) is 0 Å². The van der Waals surface area contributed by atoms with Crippen molar-refractivity contribution >= 4 is 32.7 Å². The van der Waals surface area contributed by atoms with Crippen LogP contribution in [0.2, 0.25) is 0 Å². The molecule has 0 bridgehead atoms. The summed E-state index contributed by atoms with van der Waals surface area (Å²) in [5.74, 6) is -0.739. The molecule has 0 N–H and O–H groups in total. The van der Waals surface area contributed by atoms with Crippen molar-refractivity contribution in [2.75, 3.05) is 0 Å². The van der Waals surface area contributed by atoms with E-state index in [2.05, 4.69) is 46.4 Å². The average Bonchev–Trinajstić information content (AvgIpc) is 3.62. The first-order valence-electron chi connectivity index (χ1n) is 19.0. The van der Waals surface area contributed by atoms with E-state index in [4.69, 9.17) is 8.53 Å². The molecule has 8 aromatic rings. The molecular weight excluding hydrogens is 801 g/mol. The van der Waals surface area contributed by atoms with Gasteiger partial charge in [0.1, 0.15) is 5.58 Å². The summed E-state index contributed by atoms with van der Waals surface area (Å²) in [7, 11) is 0. The van der Waals surface area contributed by atoms with E-state index in [9.17, 15) is 0 Å². The number of benzene rings is 5. The van der Waals surface area contributed by atoms with Crippen LogP contribution < -0.4 is 0 Å². The van der Waals surface area contributed by atoms with Crippen LogP contribution in [0.15, 0.2) is 144 Å². The first kappa shape index (κ1) is 30.9. The van der Waals surface area contributed by atoms with Crippen LogP contribution in [0.1, 0.15) is 65.7 Å². The molecule has 5 aromatic carbocycles. The Balaban J connectivity index is 0.000000178. The van der Waals surface area contributed by atoms with Gasteiger partial charge in [0.25, 0.3) is 0 Å². The van der Waals surface area contributed by atoms with E-state index in [1.165, 1.54) is 6.42 Å². The molecule has 0 spiro atoms. The summed E-state index contributed by atoms with van der Waals surface area (Å²) in [6, 6.07) is 48.2. The van der Waals surface area contributed by atoms with Gasteiger partial charge in [0.2, 0.25) is 0 Å². The molecule has 1 saturated carbocycles. The van der Waals surface area contributed by atoms with Crippen molar-refractivity contribution in [1.82, 2.24) is 9.97 Å². The van der Waals surface area contributed by atoms with Crippen LogP contribution in [0.25, 0.3) is 55.2 Å². The topological polar surface area (TPSA) is 38.9 Å². The number of hydrogen-bond donors (Lipinski definition) is 0. The minimum Gasteiger partial charge on any atom is -0.500 e. The number of pyridine rings is 2. The Morgan fingerprint density at radius 2 is 1.47 bits per heavy atom. The Labute approximate surface area is 318 Å². The van der Waals surface area contributed by atoms with E-state index < -0.39 is 12.3 Å². The zero-order chi connectivity index (χ0) is 36.4. The second kappa shape index (κ2) is 16.0. The molecule has 255 valence electrons. The number of hydrogen-bond acceptors (Lipinski definition) is 3. The minimum atomic E-state index is -1.36. The van der Waals surface area contributed by atoms with E-state index in [1.807, 2.05) is 110 Å². The number of fused-ring (bicyclic) bond motifs is 5. The molecule has 3 aromatic heterocycles. The van der Waals surface area contributed by atoms with E-state index >= 15 is 0 Å². The number of aromatic nitrogens is 2. The van der Waals surface area contributed by atoms with Crippen LogP contribution in [0.3, 0.4) is 0 Å². The number of nitrogens with zero attached hydrogens (tertiary/aromatic N) is 2. The molecule has 1 unspecified atom stereocenters. The standard InChI is InChI=1S/C28H24NO.C19H16N.Ir/c1-2-7-19(8-3-1)17-20-15-16-29-26(18-20)25-12-6-11-23-24-14-13-21-9-4-5-10-22(21)27(24)30-28(23)25;1-15(16-8-4-2-5-9-16)18-12-13-20-19(14-18)17-10-6-3-7-11-17;/h4-6,9-11,13-16,18-19H,1-3,7-8,17H2;2-10,12-15H,1H3;/q2*-1;/i17D2;15D;. The van der Waals surface area contributed by atoms with Gasteiger partial charge >= 0.3 is 0 Å². The normalized spacial score (nSPS) is 15.5. The van der Waals surface area contributed by atoms with E-state index in [-0.39, 0.29) is 26.0 Å². The molecule has 9 rings (SSSR count). The minimum absolute atomic E-state index is 0. The number of furan rings is 1. The predicted molar refractivity (Wildman–Crippen MR) is 206 cm³/mol. The molecule has 3 nitrogen and oxygen atoms in total. The Kier molecular flexibility index (Phi) is 9.68. The van der Waals surface area contributed by atoms with Crippen LogP contribution in [0.4, 0.5) is 0 Å². The molecule has 1 radical (unpaired) electrons. The fourth-order valence-corrected chi connectivity index (χ4v) is 7.02. The van der Waals surface area contributed by atoms with Crippen LogP contribution in [-0.4, -0.2) is 9.97 Å². The largest absolute Gasteiger partial charge is 0.500 e. The predicted octanol–water partition coefficient (Wildman–Crippen LogP) is 12.4. The van der Waals surface area contributed by atoms with E-state index in [0.29, 0.717) is 11.3 Å². The Morgan fingerprint density at radius 3 is 2.31 bits per heavy atom. The van der Waals surface area contributed by atoms with Gasteiger partial charge in [-0.3, -0.25) is 0 Å². The van der Waals surface area contributed by atoms with E-state index in [1.54, 1.807) is 12.4 Å². The second-order valence-corrected chi connectivity index (χ2v) is 13.0. The molecule has 1 aliphatic rings. The summed E-state index contributed by atoms with van der Waals surface area (Å²) < 4.78 is 32.9. The van der Waals surface area contributed by atoms with Crippen LogP contribution >= 0.6 is 0 Å². The van der Waals surface area contributed by atoms with Crippen molar-refractivity contribution in [3.05, 3.63) is 169 Å². The summed E-state index contributed by atoms with van der Waals surface area (Å²) in [6.45, 7) is 1.91. The van der Waals surface area contributed by atoms with Crippen molar-refractivity contribution in [3.8, 4) is 22.5 Å². The van der Waals surface area contributed by atoms with Gasteiger partial charge in [0, 0.05) is 53.3 Å². The third kappa shape index (κ3) is 7.59. The van der Waals surface area contributed by atoms with Gasteiger partial charge in [-0.1, -0.05) is 134 Å². The van der Waals surface area contributed by atoms with Gasteiger partial charge in [-0.2, -0.15) is 0 Å². The van der Waals surface area contributed by atoms with Crippen molar-refractivity contribution in [2.45, 2.75) is 51.3 Å². The van der Waals surface area contributed by atoms with Gasteiger partial charge in [0.15, 0.2) is 0 Å². The zero-order valence-corrected chi connectivity index (χ0v) is 30.9. The first-order valence-corrected chi connectivity index (χ1v) is 17.5. The van der Waals surface area contributed by atoms with Gasteiger partial charge in [-0.25, -0.2) is 0 Å². The quantitative estimate of drug-likeness (QED) is 0.157. The monoisotopic (exact) mass is 844 g/mol. The molecule has 1 fully saturated rings. The fourth-order valence-electron chi connectivity index (χ4n) is 7.02. The summed E-state index contributed by atoms with van der Waals surface area (Å²) in [5.41, 5.74) is 7.50. The summed E-state index contributed by atoms with van der Waals surface area (Å²) in [5, 5.41) is 4.33.